The molecule has 4 nitrogen and oxygen atoms in total. The lowest BCUT2D eigenvalue weighted by atomic mass is 10.1. The Hall–Kier alpha value is -3.60. The molecule has 0 saturated heterocycles. The minimum absolute atomic E-state index is 0.310. The third-order valence-corrected chi connectivity index (χ3v) is 4.37. The number of nitrogens with one attached hydrogen (secondary N) is 1. The van der Waals surface area contributed by atoms with Crippen molar-refractivity contribution < 1.29 is 18.7 Å². The fraction of sp³-hybridized carbons (Fsp3) is 0.125. The Morgan fingerprint density at radius 3 is 2.52 bits per heavy atom. The Labute approximate surface area is 169 Å². The summed E-state index contributed by atoms with van der Waals surface area (Å²) in [5, 5.41) is 2.67. The number of ether oxygens (including phenoxy) is 2. The number of amides is 1. The number of aryl methyl sites for hydroxylation is 1. The van der Waals surface area contributed by atoms with Crippen molar-refractivity contribution in [2.45, 2.75) is 13.5 Å². The number of benzene rings is 3. The molecule has 0 aromatic heterocycles. The molecule has 148 valence electrons. The second-order valence-electron chi connectivity index (χ2n) is 6.45. The lowest BCUT2D eigenvalue weighted by Crippen LogP contribution is -2.07. The summed E-state index contributed by atoms with van der Waals surface area (Å²) in [5.74, 6) is 0.550. The molecule has 0 atom stereocenters. The highest BCUT2D eigenvalue weighted by atomic mass is 19.1. The molecule has 3 rings (SSSR count). The van der Waals surface area contributed by atoms with Crippen molar-refractivity contribution in [3.05, 3.63) is 95.3 Å². The molecule has 0 aliphatic carbocycles. The second kappa shape index (κ2) is 9.55. The molecule has 0 heterocycles. The van der Waals surface area contributed by atoms with Crippen molar-refractivity contribution in [1.82, 2.24) is 0 Å². The summed E-state index contributed by atoms with van der Waals surface area (Å²) in [5.41, 5.74) is 3.59. The number of carbonyl (C=O) groups excluding carboxylic acids is 1. The fourth-order valence-electron chi connectivity index (χ4n) is 2.72. The van der Waals surface area contributed by atoms with Crippen LogP contribution in [0.2, 0.25) is 0 Å². The standard InChI is InChI=1S/C24H22FNO3/c1-17-5-3-4-6-19(17)16-29-22-13-7-18(15-23(22)28-2)8-14-24(27)26-21-11-9-20(25)10-12-21/h3-15H,16H2,1-2H3,(H,26,27). The van der Waals surface area contributed by atoms with Crippen LogP contribution >= 0.6 is 0 Å². The van der Waals surface area contributed by atoms with Crippen LogP contribution in [0.4, 0.5) is 10.1 Å². The van der Waals surface area contributed by atoms with Crippen LogP contribution in [0.5, 0.6) is 11.5 Å². The van der Waals surface area contributed by atoms with Crippen LogP contribution in [-0.4, -0.2) is 13.0 Å². The van der Waals surface area contributed by atoms with E-state index >= 15 is 0 Å². The number of methoxy groups -OCH3 is 1. The molecule has 1 N–H and O–H groups in total. The van der Waals surface area contributed by atoms with Gasteiger partial charge in [-0.05, 0) is 66.1 Å². The van der Waals surface area contributed by atoms with Crippen molar-refractivity contribution in [2.24, 2.45) is 0 Å². The summed E-state index contributed by atoms with van der Waals surface area (Å²) in [6.07, 6.45) is 3.08. The van der Waals surface area contributed by atoms with Crippen LogP contribution in [0.3, 0.4) is 0 Å². The van der Waals surface area contributed by atoms with Crippen LogP contribution in [0.15, 0.2) is 72.8 Å². The van der Waals surface area contributed by atoms with Gasteiger partial charge >= 0.3 is 0 Å². The van der Waals surface area contributed by atoms with Crippen LogP contribution < -0.4 is 14.8 Å². The summed E-state index contributed by atoms with van der Waals surface area (Å²) in [4.78, 5) is 12.0. The molecule has 0 radical (unpaired) electrons. The Morgan fingerprint density at radius 2 is 1.79 bits per heavy atom. The van der Waals surface area contributed by atoms with Crippen molar-refractivity contribution in [1.29, 1.82) is 0 Å². The van der Waals surface area contributed by atoms with Crippen molar-refractivity contribution >= 4 is 17.7 Å². The van der Waals surface area contributed by atoms with E-state index in [-0.39, 0.29) is 11.7 Å². The zero-order chi connectivity index (χ0) is 20.6. The third kappa shape index (κ3) is 5.69. The van der Waals surface area contributed by atoms with Gasteiger partial charge in [0.2, 0.25) is 5.91 Å². The van der Waals surface area contributed by atoms with E-state index in [9.17, 15) is 9.18 Å². The molecule has 3 aromatic carbocycles. The van der Waals surface area contributed by atoms with Gasteiger partial charge in [0, 0.05) is 11.8 Å². The first-order chi connectivity index (χ1) is 14.0. The Balaban J connectivity index is 1.64. The smallest absolute Gasteiger partial charge is 0.248 e. The first kappa shape index (κ1) is 20.1. The molecular weight excluding hydrogens is 369 g/mol. The highest BCUT2D eigenvalue weighted by Crippen LogP contribution is 2.29. The average molecular weight is 391 g/mol. The van der Waals surface area contributed by atoms with Gasteiger partial charge in [0.05, 0.1) is 7.11 Å². The molecule has 0 spiro atoms. The molecular formula is C24H22FNO3. The Morgan fingerprint density at radius 1 is 1.03 bits per heavy atom. The summed E-state index contributed by atoms with van der Waals surface area (Å²) >= 11 is 0. The number of anilines is 1. The molecule has 0 fully saturated rings. The van der Waals surface area contributed by atoms with Crippen LogP contribution in [0.25, 0.3) is 6.08 Å². The molecule has 1 amide bonds. The SMILES string of the molecule is COc1cc(C=CC(=O)Nc2ccc(F)cc2)ccc1OCc1ccccc1C. The Bertz CT molecular complexity index is 1010. The normalized spacial score (nSPS) is 10.7. The van der Waals surface area contributed by atoms with Gasteiger partial charge in [0.25, 0.3) is 0 Å². The van der Waals surface area contributed by atoms with Gasteiger partial charge in [-0.1, -0.05) is 30.3 Å². The van der Waals surface area contributed by atoms with E-state index < -0.39 is 0 Å². The maximum Gasteiger partial charge on any atom is 0.248 e. The van der Waals surface area contributed by atoms with Crippen molar-refractivity contribution in [3.8, 4) is 11.5 Å². The fourth-order valence-corrected chi connectivity index (χ4v) is 2.72. The average Bonchev–Trinajstić information content (AvgIpc) is 2.73. The van der Waals surface area contributed by atoms with E-state index in [1.807, 2.05) is 43.3 Å². The van der Waals surface area contributed by atoms with E-state index in [2.05, 4.69) is 5.32 Å². The largest absolute Gasteiger partial charge is 0.493 e. The highest BCUT2D eigenvalue weighted by molar-refractivity contribution is 6.01. The van der Waals surface area contributed by atoms with Gasteiger partial charge in [-0.25, -0.2) is 4.39 Å². The van der Waals surface area contributed by atoms with Crippen LogP contribution in [0, 0.1) is 12.7 Å². The zero-order valence-corrected chi connectivity index (χ0v) is 16.3. The quantitative estimate of drug-likeness (QED) is 0.551. The molecule has 5 heteroatoms. The monoisotopic (exact) mass is 391 g/mol. The first-order valence-corrected chi connectivity index (χ1v) is 9.15. The molecule has 0 unspecified atom stereocenters. The van der Waals surface area contributed by atoms with Crippen molar-refractivity contribution in [3.63, 3.8) is 0 Å². The van der Waals surface area contributed by atoms with Gasteiger partial charge < -0.3 is 14.8 Å². The number of rotatable bonds is 7. The summed E-state index contributed by atoms with van der Waals surface area (Å²) in [6.45, 7) is 2.49. The van der Waals surface area contributed by atoms with Gasteiger partial charge in [0.15, 0.2) is 11.5 Å². The van der Waals surface area contributed by atoms with Crippen LogP contribution in [0.1, 0.15) is 16.7 Å². The highest BCUT2D eigenvalue weighted by Gasteiger charge is 2.07. The molecule has 0 aliphatic heterocycles. The van der Waals surface area contributed by atoms with Crippen molar-refractivity contribution in [2.75, 3.05) is 12.4 Å². The minimum atomic E-state index is -0.352. The summed E-state index contributed by atoms with van der Waals surface area (Å²) in [7, 11) is 1.57. The maximum atomic E-state index is 12.9. The van der Waals surface area contributed by atoms with Gasteiger partial charge in [-0.2, -0.15) is 0 Å². The van der Waals surface area contributed by atoms with Gasteiger partial charge in [-0.3, -0.25) is 4.79 Å². The summed E-state index contributed by atoms with van der Waals surface area (Å²) in [6, 6.07) is 19.1. The molecule has 0 aliphatic rings. The summed E-state index contributed by atoms with van der Waals surface area (Å²) < 4.78 is 24.2. The molecule has 3 aromatic rings. The molecule has 0 saturated carbocycles. The zero-order valence-electron chi connectivity index (χ0n) is 16.3. The number of hydrogen-bond acceptors (Lipinski definition) is 3. The van der Waals surface area contributed by atoms with Gasteiger partial charge in [0.1, 0.15) is 12.4 Å². The Kier molecular flexibility index (Phi) is 6.63. The second-order valence-corrected chi connectivity index (χ2v) is 6.45. The minimum Gasteiger partial charge on any atom is -0.493 e. The van der Waals surface area contributed by atoms with E-state index in [1.54, 1.807) is 19.3 Å². The predicted octanol–water partition coefficient (Wildman–Crippen LogP) is 5.37. The third-order valence-electron chi connectivity index (χ3n) is 4.37. The topological polar surface area (TPSA) is 47.6 Å². The first-order valence-electron chi connectivity index (χ1n) is 9.15. The number of hydrogen-bond donors (Lipinski definition) is 1. The van der Waals surface area contributed by atoms with E-state index in [0.29, 0.717) is 23.8 Å². The number of halogens is 1. The predicted molar refractivity (Wildman–Crippen MR) is 113 cm³/mol. The van der Waals surface area contributed by atoms with E-state index in [1.165, 1.54) is 30.3 Å². The number of carbonyl (C=O) groups is 1. The molecule has 0 bridgehead atoms. The maximum absolute atomic E-state index is 12.9. The van der Waals surface area contributed by atoms with Gasteiger partial charge in [-0.15, -0.1) is 0 Å². The molecule has 29 heavy (non-hydrogen) atoms. The van der Waals surface area contributed by atoms with E-state index in [0.717, 1.165) is 16.7 Å². The lowest BCUT2D eigenvalue weighted by Gasteiger charge is -2.12. The lowest BCUT2D eigenvalue weighted by molar-refractivity contribution is -0.111. The van der Waals surface area contributed by atoms with Crippen LogP contribution in [-0.2, 0) is 11.4 Å². The van der Waals surface area contributed by atoms with E-state index in [4.69, 9.17) is 9.47 Å².